The predicted molar refractivity (Wildman–Crippen MR) is 77.5 cm³/mol. The van der Waals surface area contributed by atoms with Crippen LogP contribution in [0.2, 0.25) is 0 Å². The Bertz CT molecular complexity index is 640. The summed E-state index contributed by atoms with van der Waals surface area (Å²) in [4.78, 5) is 17.3. The average Bonchev–Trinajstić information content (AvgIpc) is 2.44. The summed E-state index contributed by atoms with van der Waals surface area (Å²) < 4.78 is 37.8. The highest BCUT2D eigenvalue weighted by Crippen LogP contribution is 2.21. The van der Waals surface area contributed by atoms with Gasteiger partial charge in [-0.2, -0.15) is 13.2 Å². The van der Waals surface area contributed by atoms with Gasteiger partial charge in [-0.25, -0.2) is 0 Å². The van der Waals surface area contributed by atoms with Crippen molar-refractivity contribution in [1.29, 1.82) is 0 Å². The van der Waals surface area contributed by atoms with Gasteiger partial charge in [-0.05, 0) is 12.1 Å². The molecule has 1 amide bonds. The molecule has 0 bridgehead atoms. The van der Waals surface area contributed by atoms with E-state index in [1.54, 1.807) is 24.3 Å². The van der Waals surface area contributed by atoms with Gasteiger partial charge in [-0.15, -0.1) is 0 Å². The zero-order valence-corrected chi connectivity index (χ0v) is 12.5. The second-order valence-corrected chi connectivity index (χ2v) is 5.20. The van der Waals surface area contributed by atoms with Gasteiger partial charge >= 0.3 is 6.18 Å². The summed E-state index contributed by atoms with van der Waals surface area (Å²) in [7, 11) is 0. The van der Waals surface area contributed by atoms with Gasteiger partial charge in [-0.3, -0.25) is 9.78 Å². The number of nitrogens with zero attached hydrogens (tertiary/aromatic N) is 2. The summed E-state index contributed by atoms with van der Waals surface area (Å²) in [5.74, 6) is -0.670. The molecule has 0 N–H and O–H groups in total. The number of para-hydroxylation sites is 1. The van der Waals surface area contributed by atoms with Crippen molar-refractivity contribution in [2.45, 2.75) is 6.18 Å². The summed E-state index contributed by atoms with van der Waals surface area (Å²) in [6, 6.07) is 8.37. The van der Waals surface area contributed by atoms with Gasteiger partial charge in [-0.1, -0.05) is 34.1 Å². The largest absolute Gasteiger partial charge is 0.406 e. The molecule has 0 aliphatic carbocycles. The minimum Gasteiger partial charge on any atom is -0.329 e. The molecule has 21 heavy (non-hydrogen) atoms. The SMILES string of the molecule is O=C(c1cccc2cccnc12)N(CCBr)CC(F)(F)F. The second kappa shape index (κ2) is 6.43. The molecule has 0 spiro atoms. The lowest BCUT2D eigenvalue weighted by Crippen LogP contribution is -2.40. The molecule has 0 radical (unpaired) electrons. The third-order valence-corrected chi connectivity index (χ3v) is 3.23. The molecule has 2 aromatic rings. The molecule has 2 rings (SSSR count). The molecule has 0 aliphatic rings. The van der Waals surface area contributed by atoms with E-state index in [1.807, 2.05) is 0 Å². The average molecular weight is 361 g/mol. The van der Waals surface area contributed by atoms with Gasteiger partial charge in [0.15, 0.2) is 0 Å². The molecule has 0 atom stereocenters. The third kappa shape index (κ3) is 3.93. The fourth-order valence-electron chi connectivity index (χ4n) is 2.02. The zero-order chi connectivity index (χ0) is 15.5. The minimum atomic E-state index is -4.43. The van der Waals surface area contributed by atoms with Crippen molar-refractivity contribution in [3.63, 3.8) is 0 Å². The summed E-state index contributed by atoms with van der Waals surface area (Å²) in [6.45, 7) is -1.30. The number of halogens is 4. The van der Waals surface area contributed by atoms with Crippen molar-refractivity contribution in [3.05, 3.63) is 42.1 Å². The van der Waals surface area contributed by atoms with Crippen molar-refractivity contribution in [1.82, 2.24) is 9.88 Å². The molecular weight excluding hydrogens is 349 g/mol. The Hall–Kier alpha value is -1.63. The third-order valence-electron chi connectivity index (χ3n) is 2.87. The molecule has 112 valence electrons. The fourth-order valence-corrected chi connectivity index (χ4v) is 2.45. The number of alkyl halides is 4. The second-order valence-electron chi connectivity index (χ2n) is 4.41. The van der Waals surface area contributed by atoms with Crippen LogP contribution >= 0.6 is 15.9 Å². The smallest absolute Gasteiger partial charge is 0.329 e. The Morgan fingerprint density at radius 2 is 1.95 bits per heavy atom. The van der Waals surface area contributed by atoms with Crippen LogP contribution in [0.3, 0.4) is 0 Å². The Balaban J connectivity index is 2.39. The first-order valence-corrected chi connectivity index (χ1v) is 7.30. The van der Waals surface area contributed by atoms with Crippen molar-refractivity contribution in [2.75, 3.05) is 18.4 Å². The highest BCUT2D eigenvalue weighted by atomic mass is 79.9. The van der Waals surface area contributed by atoms with Gasteiger partial charge in [0.1, 0.15) is 6.54 Å². The van der Waals surface area contributed by atoms with E-state index in [-0.39, 0.29) is 17.4 Å². The van der Waals surface area contributed by atoms with E-state index in [0.29, 0.717) is 10.9 Å². The summed E-state index contributed by atoms with van der Waals surface area (Å²) in [5, 5.41) is 0.988. The fraction of sp³-hybridized carbons (Fsp3) is 0.286. The van der Waals surface area contributed by atoms with E-state index >= 15 is 0 Å². The topological polar surface area (TPSA) is 33.2 Å². The highest BCUT2D eigenvalue weighted by molar-refractivity contribution is 9.09. The zero-order valence-electron chi connectivity index (χ0n) is 10.9. The number of hydrogen-bond donors (Lipinski definition) is 0. The van der Waals surface area contributed by atoms with Crippen LogP contribution in [0.15, 0.2) is 36.5 Å². The number of aromatic nitrogens is 1. The van der Waals surface area contributed by atoms with E-state index in [4.69, 9.17) is 0 Å². The van der Waals surface area contributed by atoms with Gasteiger partial charge in [0.2, 0.25) is 0 Å². The van der Waals surface area contributed by atoms with Crippen LogP contribution in [0.4, 0.5) is 13.2 Å². The van der Waals surface area contributed by atoms with Crippen molar-refractivity contribution >= 4 is 32.7 Å². The van der Waals surface area contributed by atoms with Crippen LogP contribution in [-0.4, -0.2) is 40.4 Å². The van der Waals surface area contributed by atoms with Crippen LogP contribution in [-0.2, 0) is 0 Å². The lowest BCUT2D eigenvalue weighted by atomic mass is 10.1. The van der Waals surface area contributed by atoms with Crippen LogP contribution in [0.1, 0.15) is 10.4 Å². The number of carbonyl (C=O) groups excluding carboxylic acids is 1. The number of rotatable bonds is 4. The summed E-state index contributed by atoms with van der Waals surface area (Å²) in [5.41, 5.74) is 0.588. The normalized spacial score (nSPS) is 11.6. The number of benzene rings is 1. The maximum absolute atomic E-state index is 12.6. The van der Waals surface area contributed by atoms with E-state index in [1.165, 1.54) is 12.3 Å². The molecular formula is C14H12BrF3N2O. The van der Waals surface area contributed by atoms with Crippen LogP contribution in [0.5, 0.6) is 0 Å². The monoisotopic (exact) mass is 360 g/mol. The molecule has 7 heteroatoms. The first-order valence-electron chi connectivity index (χ1n) is 6.18. The molecule has 0 unspecified atom stereocenters. The summed E-state index contributed by atoms with van der Waals surface area (Å²) in [6.07, 6.45) is -2.92. The Labute approximate surface area is 127 Å². The van der Waals surface area contributed by atoms with Gasteiger partial charge < -0.3 is 4.90 Å². The Morgan fingerprint density at radius 3 is 2.62 bits per heavy atom. The molecule has 3 nitrogen and oxygen atoms in total. The van der Waals surface area contributed by atoms with Crippen molar-refractivity contribution < 1.29 is 18.0 Å². The number of amides is 1. The van der Waals surface area contributed by atoms with E-state index in [9.17, 15) is 18.0 Å². The molecule has 1 aromatic carbocycles. The molecule has 0 aliphatic heterocycles. The van der Waals surface area contributed by atoms with Crippen molar-refractivity contribution in [3.8, 4) is 0 Å². The number of hydrogen-bond acceptors (Lipinski definition) is 2. The Morgan fingerprint density at radius 1 is 1.24 bits per heavy atom. The highest BCUT2D eigenvalue weighted by Gasteiger charge is 2.33. The van der Waals surface area contributed by atoms with Crippen LogP contribution in [0, 0.1) is 0 Å². The van der Waals surface area contributed by atoms with Crippen LogP contribution in [0.25, 0.3) is 10.9 Å². The Kier molecular flexibility index (Phi) is 4.82. The molecule has 1 aromatic heterocycles. The maximum Gasteiger partial charge on any atom is 0.406 e. The van der Waals surface area contributed by atoms with E-state index in [0.717, 1.165) is 4.90 Å². The molecule has 1 heterocycles. The van der Waals surface area contributed by atoms with Gasteiger partial charge in [0.25, 0.3) is 5.91 Å². The van der Waals surface area contributed by atoms with E-state index < -0.39 is 18.6 Å². The maximum atomic E-state index is 12.6. The number of carbonyl (C=O) groups is 1. The van der Waals surface area contributed by atoms with Gasteiger partial charge in [0, 0.05) is 23.5 Å². The number of fused-ring (bicyclic) bond motifs is 1. The molecule has 0 fully saturated rings. The number of pyridine rings is 1. The first kappa shape index (κ1) is 15.8. The molecule has 0 saturated heterocycles. The lowest BCUT2D eigenvalue weighted by Gasteiger charge is -2.23. The minimum absolute atomic E-state index is 0.0262. The first-order chi connectivity index (χ1) is 9.92. The van der Waals surface area contributed by atoms with E-state index in [2.05, 4.69) is 20.9 Å². The van der Waals surface area contributed by atoms with Crippen LogP contribution < -0.4 is 0 Å². The molecule has 0 saturated carbocycles. The van der Waals surface area contributed by atoms with Crippen molar-refractivity contribution in [2.24, 2.45) is 0 Å². The summed E-state index contributed by atoms with van der Waals surface area (Å²) >= 11 is 3.07. The van der Waals surface area contributed by atoms with Gasteiger partial charge in [0.05, 0.1) is 11.1 Å². The standard InChI is InChI=1S/C14H12BrF3N2O/c15-6-8-20(9-14(16,17)18)13(21)11-5-1-3-10-4-2-7-19-12(10)11/h1-5,7H,6,8-9H2. The quantitative estimate of drug-likeness (QED) is 0.780. The lowest BCUT2D eigenvalue weighted by molar-refractivity contribution is -0.140. The predicted octanol–water partition coefficient (Wildman–Crippen LogP) is 3.63.